The van der Waals surface area contributed by atoms with Crippen LogP contribution in [0, 0.1) is 0 Å². The molecule has 0 bridgehead atoms. The number of ketones is 2. The van der Waals surface area contributed by atoms with Crippen LogP contribution in [0.3, 0.4) is 0 Å². The van der Waals surface area contributed by atoms with Gasteiger partial charge in [-0.3, -0.25) is 14.4 Å². The molecule has 1 amide bonds. The predicted octanol–water partition coefficient (Wildman–Crippen LogP) is 1.85. The first-order chi connectivity index (χ1) is 11.1. The van der Waals surface area contributed by atoms with E-state index in [0.29, 0.717) is 17.3 Å². The fourth-order valence-electron chi connectivity index (χ4n) is 2.13. The van der Waals surface area contributed by atoms with Crippen LogP contribution in [0.15, 0.2) is 15.5 Å². The van der Waals surface area contributed by atoms with Gasteiger partial charge >= 0.3 is 0 Å². The first-order valence-electron chi connectivity index (χ1n) is 7.24. The summed E-state index contributed by atoms with van der Waals surface area (Å²) in [7, 11) is 3.08. The van der Waals surface area contributed by atoms with Crippen molar-refractivity contribution in [1.82, 2.24) is 10.5 Å². The van der Waals surface area contributed by atoms with Crippen LogP contribution in [0.4, 0.5) is 0 Å². The van der Waals surface area contributed by atoms with Crippen LogP contribution < -0.4 is 5.32 Å². The molecule has 0 aliphatic heterocycles. The van der Waals surface area contributed by atoms with E-state index in [-0.39, 0.29) is 22.8 Å². The number of hydrogen-bond donors (Lipinski definition) is 1. The molecular weight excluding hydrogens is 320 g/mol. The van der Waals surface area contributed by atoms with E-state index in [0.717, 1.165) is 19.3 Å². The lowest BCUT2D eigenvalue weighted by Gasteiger charge is -2.10. The van der Waals surface area contributed by atoms with E-state index < -0.39 is 11.7 Å². The van der Waals surface area contributed by atoms with Crippen molar-refractivity contribution < 1.29 is 23.6 Å². The minimum absolute atomic E-state index is 0.0428. The highest BCUT2D eigenvalue weighted by Crippen LogP contribution is 2.31. The molecule has 7 nitrogen and oxygen atoms in total. The van der Waals surface area contributed by atoms with Gasteiger partial charge in [0.25, 0.3) is 5.91 Å². The van der Waals surface area contributed by atoms with Gasteiger partial charge in [0, 0.05) is 26.8 Å². The zero-order valence-corrected chi connectivity index (χ0v) is 13.8. The van der Waals surface area contributed by atoms with Gasteiger partial charge in [0.2, 0.25) is 17.3 Å². The smallest absolute Gasteiger partial charge is 0.274 e. The molecule has 0 spiro atoms. The Morgan fingerprint density at radius 2 is 2.13 bits per heavy atom. The molecule has 1 N–H and O–H groups in total. The number of Topliss-reactive ketones (excluding diaryl/α,β-unsaturated/α-hetero) is 1. The number of methoxy groups -OCH3 is 1. The second-order valence-corrected chi connectivity index (χ2v) is 6.06. The Morgan fingerprint density at radius 1 is 1.35 bits per heavy atom. The Labute approximate surface area is 137 Å². The zero-order chi connectivity index (χ0) is 16.8. The lowest BCUT2D eigenvalue weighted by atomic mass is 10.00. The van der Waals surface area contributed by atoms with Crippen LogP contribution in [-0.2, 0) is 4.74 Å². The average molecular weight is 338 g/mol. The number of carbonyl (C=O) groups excluding carboxylic acids is 3. The number of nitrogens with zero attached hydrogens (tertiary/aromatic N) is 1. The Balaban J connectivity index is 2.04. The standard InChI is InChI=1S/C15H18N2O5S/c1-16-15(20)12-11-13(19)10(8-9(18)14(11)22-17-12)23-7-5-3-4-6-21-2/h8H,3-7H2,1-2H3,(H,16,20). The van der Waals surface area contributed by atoms with Crippen molar-refractivity contribution in [1.29, 1.82) is 0 Å². The minimum atomic E-state index is -0.554. The third-order valence-electron chi connectivity index (χ3n) is 3.32. The van der Waals surface area contributed by atoms with Gasteiger partial charge in [-0.05, 0) is 18.6 Å². The maximum atomic E-state index is 12.5. The number of nitrogens with one attached hydrogen (secondary N) is 1. The molecule has 1 heterocycles. The monoisotopic (exact) mass is 338 g/mol. The van der Waals surface area contributed by atoms with Crippen molar-refractivity contribution in [2.45, 2.75) is 19.3 Å². The first-order valence-corrected chi connectivity index (χ1v) is 8.23. The number of ether oxygens (including phenoxy) is 1. The van der Waals surface area contributed by atoms with Crippen LogP contribution in [0.5, 0.6) is 0 Å². The van der Waals surface area contributed by atoms with Crippen molar-refractivity contribution in [3.8, 4) is 0 Å². The van der Waals surface area contributed by atoms with Gasteiger partial charge in [0.15, 0.2) is 5.69 Å². The number of carbonyl (C=O) groups is 3. The van der Waals surface area contributed by atoms with Gasteiger partial charge in [0.05, 0.1) is 4.91 Å². The van der Waals surface area contributed by atoms with E-state index in [2.05, 4.69) is 10.5 Å². The summed E-state index contributed by atoms with van der Waals surface area (Å²) in [6.07, 6.45) is 4.10. The molecule has 1 aliphatic rings. The second kappa shape index (κ2) is 8.07. The van der Waals surface area contributed by atoms with Crippen molar-refractivity contribution in [2.75, 3.05) is 26.5 Å². The number of unbranched alkanes of at least 4 members (excludes halogenated alkanes) is 2. The molecular formula is C15H18N2O5S. The molecule has 0 fully saturated rings. The quantitative estimate of drug-likeness (QED) is 0.722. The zero-order valence-electron chi connectivity index (χ0n) is 13.0. The average Bonchev–Trinajstić information content (AvgIpc) is 3.00. The number of rotatable bonds is 8. The van der Waals surface area contributed by atoms with Crippen LogP contribution >= 0.6 is 11.8 Å². The van der Waals surface area contributed by atoms with Crippen molar-refractivity contribution in [2.24, 2.45) is 0 Å². The van der Waals surface area contributed by atoms with Crippen molar-refractivity contribution in [3.05, 3.63) is 28.0 Å². The summed E-state index contributed by atoms with van der Waals surface area (Å²) >= 11 is 1.31. The van der Waals surface area contributed by atoms with E-state index in [1.54, 1.807) is 7.11 Å². The highest BCUT2D eigenvalue weighted by atomic mass is 32.2. The Hall–Kier alpha value is -1.93. The number of hydrogen-bond acceptors (Lipinski definition) is 7. The topological polar surface area (TPSA) is 98.5 Å². The molecule has 23 heavy (non-hydrogen) atoms. The number of thioether (sulfide) groups is 1. The molecule has 124 valence electrons. The highest BCUT2D eigenvalue weighted by Gasteiger charge is 2.35. The summed E-state index contributed by atoms with van der Waals surface area (Å²) < 4.78 is 9.84. The van der Waals surface area contributed by atoms with Gasteiger partial charge in [-0.15, -0.1) is 11.8 Å². The van der Waals surface area contributed by atoms with E-state index in [1.807, 2.05) is 0 Å². The maximum Gasteiger partial charge on any atom is 0.274 e. The molecule has 0 atom stereocenters. The number of allylic oxidation sites excluding steroid dienone is 2. The summed E-state index contributed by atoms with van der Waals surface area (Å²) in [6.45, 7) is 0.713. The molecule has 8 heteroatoms. The van der Waals surface area contributed by atoms with Crippen LogP contribution in [0.2, 0.25) is 0 Å². The van der Waals surface area contributed by atoms with E-state index in [9.17, 15) is 14.4 Å². The number of aromatic nitrogens is 1. The molecule has 1 aromatic heterocycles. The van der Waals surface area contributed by atoms with E-state index in [1.165, 1.54) is 24.9 Å². The summed E-state index contributed by atoms with van der Waals surface area (Å²) in [4.78, 5) is 36.6. The minimum Gasteiger partial charge on any atom is -0.385 e. The summed E-state index contributed by atoms with van der Waals surface area (Å²) in [5.74, 6) is -0.838. The Morgan fingerprint density at radius 3 is 2.83 bits per heavy atom. The molecule has 0 saturated carbocycles. The van der Waals surface area contributed by atoms with Gasteiger partial charge in [-0.1, -0.05) is 11.6 Å². The fraction of sp³-hybridized carbons (Fsp3) is 0.467. The normalized spacial score (nSPS) is 13.7. The van der Waals surface area contributed by atoms with Gasteiger partial charge in [-0.25, -0.2) is 0 Å². The molecule has 1 aliphatic carbocycles. The SMILES string of the molecule is CNC(=O)c1noc2c1C(=O)C(SCCCCCOC)=CC2=O. The largest absolute Gasteiger partial charge is 0.385 e. The van der Waals surface area contributed by atoms with Crippen LogP contribution in [-0.4, -0.2) is 49.1 Å². The molecule has 0 radical (unpaired) electrons. The summed E-state index contributed by atoms with van der Waals surface area (Å²) in [5, 5.41) is 5.93. The van der Waals surface area contributed by atoms with Crippen LogP contribution in [0.1, 0.15) is 50.7 Å². The maximum absolute atomic E-state index is 12.5. The van der Waals surface area contributed by atoms with Gasteiger partial charge < -0.3 is 14.6 Å². The lowest BCUT2D eigenvalue weighted by molar-refractivity contribution is 0.0944. The van der Waals surface area contributed by atoms with Gasteiger partial charge in [-0.2, -0.15) is 0 Å². The lowest BCUT2D eigenvalue weighted by Crippen LogP contribution is -2.23. The highest BCUT2D eigenvalue weighted by molar-refractivity contribution is 8.04. The number of fused-ring (bicyclic) bond motifs is 1. The Bertz CT molecular complexity index is 650. The third kappa shape index (κ3) is 3.89. The second-order valence-electron chi connectivity index (χ2n) is 4.92. The summed E-state index contributed by atoms with van der Waals surface area (Å²) in [6, 6.07) is 0. The van der Waals surface area contributed by atoms with Crippen molar-refractivity contribution in [3.63, 3.8) is 0 Å². The molecule has 0 unspecified atom stereocenters. The molecule has 2 rings (SSSR count). The first kappa shape index (κ1) is 17.4. The predicted molar refractivity (Wildman–Crippen MR) is 84.8 cm³/mol. The molecule has 0 saturated heterocycles. The van der Waals surface area contributed by atoms with E-state index >= 15 is 0 Å². The molecule has 0 aromatic carbocycles. The third-order valence-corrected chi connectivity index (χ3v) is 4.43. The fourth-order valence-corrected chi connectivity index (χ4v) is 3.12. The molecule has 1 aromatic rings. The Kier molecular flexibility index (Phi) is 6.12. The van der Waals surface area contributed by atoms with Gasteiger partial charge in [0.1, 0.15) is 5.56 Å². The van der Waals surface area contributed by atoms with Crippen LogP contribution in [0.25, 0.3) is 0 Å². The van der Waals surface area contributed by atoms with Crippen molar-refractivity contribution >= 4 is 29.2 Å². The van der Waals surface area contributed by atoms with E-state index in [4.69, 9.17) is 9.26 Å². The summed E-state index contributed by atoms with van der Waals surface area (Å²) in [5.41, 5.74) is -0.189. The number of amides is 1.